The van der Waals surface area contributed by atoms with E-state index in [0.29, 0.717) is 64.3 Å². The first-order valence-corrected chi connectivity index (χ1v) is 14.7. The minimum absolute atomic E-state index is 0.143. The molecule has 11 heteroatoms. The molecule has 226 valence electrons. The molecule has 0 aliphatic carbocycles. The lowest BCUT2D eigenvalue weighted by Gasteiger charge is -2.41. The number of anilines is 1. The molecule has 0 radical (unpaired) electrons. The van der Waals surface area contributed by atoms with Gasteiger partial charge in [-0.2, -0.15) is 4.98 Å². The number of ether oxygens (including phenoxy) is 2. The van der Waals surface area contributed by atoms with Gasteiger partial charge in [0, 0.05) is 31.9 Å². The zero-order valence-electron chi connectivity index (χ0n) is 25.6. The molecule has 1 fully saturated rings. The molecule has 1 atom stereocenters. The Morgan fingerprint density at radius 1 is 1.09 bits per heavy atom. The molecule has 4 aromatic rings. The Bertz CT molecular complexity index is 1730. The van der Waals surface area contributed by atoms with Gasteiger partial charge in [-0.1, -0.05) is 43.6 Å². The summed E-state index contributed by atoms with van der Waals surface area (Å²) in [6, 6.07) is 13.0. The number of aromatic nitrogens is 4. The fraction of sp³-hybridized carbons (Fsp3) is 0.406. The molecule has 0 bridgehead atoms. The maximum atomic E-state index is 14.0. The third-order valence-corrected chi connectivity index (χ3v) is 7.66. The van der Waals surface area contributed by atoms with Crippen LogP contribution in [0.5, 0.6) is 5.88 Å². The Morgan fingerprint density at radius 2 is 1.84 bits per heavy atom. The molecule has 1 aliphatic rings. The van der Waals surface area contributed by atoms with Crippen molar-refractivity contribution in [2.24, 2.45) is 0 Å². The van der Waals surface area contributed by atoms with E-state index in [1.807, 2.05) is 62.9 Å². The number of hydrogen-bond donors (Lipinski definition) is 0. The first-order valence-electron chi connectivity index (χ1n) is 14.4. The summed E-state index contributed by atoms with van der Waals surface area (Å²) in [7, 11) is 1.54. The minimum Gasteiger partial charge on any atom is -0.481 e. The van der Waals surface area contributed by atoms with Crippen molar-refractivity contribution in [3.63, 3.8) is 0 Å². The molecule has 43 heavy (non-hydrogen) atoms. The number of benzene rings is 1. The second kappa shape index (κ2) is 11.8. The number of methoxy groups -OCH3 is 1. The summed E-state index contributed by atoms with van der Waals surface area (Å²) in [6.45, 7) is 13.0. The highest BCUT2D eigenvalue weighted by Crippen LogP contribution is 2.37. The van der Waals surface area contributed by atoms with Crippen LogP contribution in [0.15, 0.2) is 53.5 Å². The van der Waals surface area contributed by atoms with Crippen LogP contribution in [-0.2, 0) is 4.74 Å². The highest BCUT2D eigenvalue weighted by Gasteiger charge is 2.32. The van der Waals surface area contributed by atoms with Gasteiger partial charge in [0.25, 0.3) is 0 Å². The third-order valence-electron chi connectivity index (χ3n) is 7.37. The van der Waals surface area contributed by atoms with Gasteiger partial charge in [-0.05, 0) is 63.4 Å². The van der Waals surface area contributed by atoms with Crippen molar-refractivity contribution in [2.75, 3.05) is 31.6 Å². The first kappa shape index (κ1) is 30.3. The number of nitrogens with zero attached hydrogens (tertiary/aromatic N) is 6. The van der Waals surface area contributed by atoms with Gasteiger partial charge in [0.05, 0.1) is 34.5 Å². The fourth-order valence-electron chi connectivity index (χ4n) is 5.41. The predicted molar refractivity (Wildman–Crippen MR) is 169 cm³/mol. The maximum absolute atomic E-state index is 14.0. The van der Waals surface area contributed by atoms with Crippen molar-refractivity contribution in [1.29, 1.82) is 0 Å². The zero-order chi connectivity index (χ0) is 31.1. The van der Waals surface area contributed by atoms with E-state index in [1.54, 1.807) is 27.8 Å². The van der Waals surface area contributed by atoms with E-state index in [2.05, 4.69) is 23.8 Å². The molecular formula is C32H37ClN6O4. The number of carbonyl (C=O) groups excluding carboxylic acids is 1. The van der Waals surface area contributed by atoms with Crippen molar-refractivity contribution in [3.8, 4) is 22.8 Å². The molecule has 1 unspecified atom stereocenters. The Kier molecular flexibility index (Phi) is 8.34. The maximum Gasteiger partial charge on any atom is 0.410 e. The third kappa shape index (κ3) is 6.01. The molecule has 1 aliphatic heterocycles. The number of para-hydroxylation sites is 1. The summed E-state index contributed by atoms with van der Waals surface area (Å²) in [5.41, 5.74) is 2.08. The normalized spacial score (nSPS) is 15.7. The summed E-state index contributed by atoms with van der Waals surface area (Å²) < 4.78 is 12.7. The zero-order valence-corrected chi connectivity index (χ0v) is 26.3. The van der Waals surface area contributed by atoms with Crippen LogP contribution in [-0.4, -0.2) is 68.9 Å². The van der Waals surface area contributed by atoms with E-state index in [0.717, 1.165) is 5.56 Å². The second-order valence-electron chi connectivity index (χ2n) is 12.0. The first-order chi connectivity index (χ1) is 20.4. The summed E-state index contributed by atoms with van der Waals surface area (Å²) in [5.74, 6) is 0.978. The van der Waals surface area contributed by atoms with Crippen LogP contribution in [0.1, 0.15) is 53.0 Å². The lowest BCUT2D eigenvalue weighted by atomic mass is 10.0. The summed E-state index contributed by atoms with van der Waals surface area (Å²) in [6.07, 6.45) is 1.27. The lowest BCUT2D eigenvalue weighted by Crippen LogP contribution is -2.55. The van der Waals surface area contributed by atoms with Crippen LogP contribution >= 0.6 is 11.6 Å². The van der Waals surface area contributed by atoms with Gasteiger partial charge in [-0.3, -0.25) is 0 Å². The van der Waals surface area contributed by atoms with E-state index in [4.69, 9.17) is 26.1 Å². The smallest absolute Gasteiger partial charge is 0.410 e. The number of carbonyl (C=O) groups is 1. The molecule has 5 rings (SSSR count). The molecule has 0 spiro atoms. The van der Waals surface area contributed by atoms with E-state index in [-0.39, 0.29) is 18.1 Å². The average Bonchev–Trinajstić information content (AvgIpc) is 2.96. The van der Waals surface area contributed by atoms with Gasteiger partial charge in [0.1, 0.15) is 11.4 Å². The lowest BCUT2D eigenvalue weighted by molar-refractivity contribution is 0.0218. The monoisotopic (exact) mass is 604 g/mol. The Morgan fingerprint density at radius 3 is 2.51 bits per heavy atom. The van der Waals surface area contributed by atoms with Crippen molar-refractivity contribution in [1.82, 2.24) is 24.4 Å². The van der Waals surface area contributed by atoms with Crippen LogP contribution in [0, 0.1) is 0 Å². The highest BCUT2D eigenvalue weighted by atomic mass is 35.5. The van der Waals surface area contributed by atoms with E-state index < -0.39 is 11.3 Å². The van der Waals surface area contributed by atoms with Crippen LogP contribution in [0.2, 0.25) is 5.02 Å². The SMILES string of the molecule is COc1ncccc1-c1nc2c(cc1Cl)c(N1CCN(C(=O)OC(C)(C)C)CC1C)nc(=O)n2-c1ccccc1C(C)C. The predicted octanol–water partition coefficient (Wildman–Crippen LogP) is 6.07. The molecular weight excluding hydrogens is 568 g/mol. The Balaban J connectivity index is 1.70. The van der Waals surface area contributed by atoms with Gasteiger partial charge in [-0.15, -0.1) is 0 Å². The number of halogens is 1. The average molecular weight is 605 g/mol. The molecule has 0 N–H and O–H groups in total. The molecule has 10 nitrogen and oxygen atoms in total. The second-order valence-corrected chi connectivity index (χ2v) is 12.4. The van der Waals surface area contributed by atoms with Crippen LogP contribution in [0.25, 0.3) is 28.0 Å². The minimum atomic E-state index is -0.594. The largest absolute Gasteiger partial charge is 0.481 e. The van der Waals surface area contributed by atoms with Crippen molar-refractivity contribution < 1.29 is 14.3 Å². The van der Waals surface area contributed by atoms with Crippen LogP contribution in [0.4, 0.5) is 10.6 Å². The van der Waals surface area contributed by atoms with E-state index in [1.165, 1.54) is 7.11 Å². The number of fused-ring (bicyclic) bond motifs is 1. The fourth-order valence-corrected chi connectivity index (χ4v) is 5.66. The Hall–Kier alpha value is -4.18. The van der Waals surface area contributed by atoms with Gasteiger partial charge in [0.15, 0.2) is 5.65 Å². The number of piperazine rings is 1. The van der Waals surface area contributed by atoms with Crippen molar-refractivity contribution in [3.05, 3.63) is 69.7 Å². The molecule has 1 amide bonds. The van der Waals surface area contributed by atoms with Crippen molar-refractivity contribution >= 4 is 34.5 Å². The van der Waals surface area contributed by atoms with E-state index in [9.17, 15) is 9.59 Å². The summed E-state index contributed by atoms with van der Waals surface area (Å²) in [5, 5.41) is 0.983. The molecule has 1 aromatic carbocycles. The number of pyridine rings is 2. The standard InChI is InChI=1S/C32H37ClN6O4/c1-19(2)21-11-8-9-13-25(21)39-28-23(17-24(33)26(35-28)22-12-10-14-34-29(22)42-7)27(36-30(39)40)38-16-15-37(18-20(38)3)31(41)43-32(4,5)6/h8-14,17,19-20H,15-16,18H2,1-7H3. The summed E-state index contributed by atoms with van der Waals surface area (Å²) >= 11 is 6.91. The van der Waals surface area contributed by atoms with Gasteiger partial charge >= 0.3 is 11.8 Å². The van der Waals surface area contributed by atoms with Gasteiger partial charge in [0.2, 0.25) is 5.88 Å². The quantitative estimate of drug-likeness (QED) is 0.270. The molecule has 1 saturated heterocycles. The summed E-state index contributed by atoms with van der Waals surface area (Å²) in [4.78, 5) is 44.5. The number of amides is 1. The molecule has 4 heterocycles. The van der Waals surface area contributed by atoms with Crippen molar-refractivity contribution in [2.45, 2.75) is 59.1 Å². The van der Waals surface area contributed by atoms with Gasteiger partial charge < -0.3 is 19.3 Å². The number of hydrogen-bond acceptors (Lipinski definition) is 8. The topological polar surface area (TPSA) is 103 Å². The van der Waals surface area contributed by atoms with Crippen LogP contribution in [0.3, 0.4) is 0 Å². The number of rotatable bonds is 5. The highest BCUT2D eigenvalue weighted by molar-refractivity contribution is 6.34. The Labute approximate surface area is 256 Å². The molecule has 3 aromatic heterocycles. The van der Waals surface area contributed by atoms with Gasteiger partial charge in [-0.25, -0.2) is 24.1 Å². The molecule has 0 saturated carbocycles. The van der Waals surface area contributed by atoms with E-state index >= 15 is 0 Å². The van der Waals surface area contributed by atoms with Crippen LogP contribution < -0.4 is 15.3 Å².